The van der Waals surface area contributed by atoms with Gasteiger partial charge < -0.3 is 0 Å². The van der Waals surface area contributed by atoms with Gasteiger partial charge in [-0.25, -0.2) is 0 Å². The molecule has 2 aromatic carbocycles. The molecule has 1 heterocycles. The van der Waals surface area contributed by atoms with Gasteiger partial charge in [0.05, 0.1) is 5.52 Å². The van der Waals surface area contributed by atoms with Gasteiger partial charge in [-0.2, -0.15) is 0 Å². The van der Waals surface area contributed by atoms with Gasteiger partial charge >= 0.3 is 0 Å². The molecule has 0 aliphatic carbocycles. The second-order valence-electron chi connectivity index (χ2n) is 3.67. The Morgan fingerprint density at radius 2 is 1.65 bits per heavy atom. The van der Waals surface area contributed by atoms with Gasteiger partial charge in [0.25, 0.3) is 0 Å². The molecule has 0 amide bonds. The van der Waals surface area contributed by atoms with Gasteiger partial charge in [-0.05, 0) is 17.1 Å². The number of rotatable bonds is 1. The van der Waals surface area contributed by atoms with Crippen LogP contribution < -0.4 is 0 Å². The second kappa shape index (κ2) is 5.25. The SMILES string of the molecule is [Pt].[c-]1ccccc1-c1ccc2ccccc2n1. The average Bonchev–Trinajstić information content (AvgIpc) is 2.39. The second-order valence-corrected chi connectivity index (χ2v) is 3.67. The van der Waals surface area contributed by atoms with Crippen LogP contribution in [-0.2, 0) is 21.1 Å². The number of hydrogen-bond acceptors (Lipinski definition) is 1. The molecule has 1 nitrogen and oxygen atoms in total. The quantitative estimate of drug-likeness (QED) is 0.569. The monoisotopic (exact) mass is 399 g/mol. The van der Waals surface area contributed by atoms with Crippen LogP contribution in [0.1, 0.15) is 0 Å². The molecule has 0 fully saturated rings. The van der Waals surface area contributed by atoms with Crippen molar-refractivity contribution in [2.24, 2.45) is 0 Å². The topological polar surface area (TPSA) is 12.9 Å². The van der Waals surface area contributed by atoms with Crippen LogP contribution >= 0.6 is 0 Å². The van der Waals surface area contributed by atoms with Crippen molar-refractivity contribution in [1.82, 2.24) is 4.98 Å². The Morgan fingerprint density at radius 1 is 0.824 bits per heavy atom. The Hall–Kier alpha value is -1.46. The van der Waals surface area contributed by atoms with E-state index >= 15 is 0 Å². The van der Waals surface area contributed by atoms with Crippen LogP contribution in [0.5, 0.6) is 0 Å². The molecule has 86 valence electrons. The summed E-state index contributed by atoms with van der Waals surface area (Å²) in [6.45, 7) is 0. The van der Waals surface area contributed by atoms with Crippen LogP contribution in [0.4, 0.5) is 0 Å². The summed E-state index contributed by atoms with van der Waals surface area (Å²) in [4.78, 5) is 4.61. The summed E-state index contributed by atoms with van der Waals surface area (Å²) >= 11 is 0. The Kier molecular flexibility index (Phi) is 3.71. The van der Waals surface area contributed by atoms with E-state index < -0.39 is 0 Å². The fraction of sp³-hybridized carbons (Fsp3) is 0. The minimum Gasteiger partial charge on any atom is -0.296 e. The third-order valence-electron chi connectivity index (χ3n) is 2.58. The van der Waals surface area contributed by atoms with Gasteiger partial charge in [0.15, 0.2) is 0 Å². The van der Waals surface area contributed by atoms with E-state index in [-0.39, 0.29) is 21.1 Å². The summed E-state index contributed by atoms with van der Waals surface area (Å²) in [6, 6.07) is 23.4. The molecule has 0 saturated carbocycles. The number of fused-ring (bicyclic) bond motifs is 1. The van der Waals surface area contributed by atoms with Gasteiger partial charge in [-0.1, -0.05) is 30.3 Å². The first kappa shape index (κ1) is 12.0. The summed E-state index contributed by atoms with van der Waals surface area (Å²) < 4.78 is 0. The predicted octanol–water partition coefficient (Wildman–Crippen LogP) is 3.70. The number of pyridine rings is 1. The number of hydrogen-bond donors (Lipinski definition) is 0. The molecular weight excluding hydrogens is 389 g/mol. The molecule has 0 radical (unpaired) electrons. The molecule has 0 bridgehead atoms. The van der Waals surface area contributed by atoms with E-state index in [0.717, 1.165) is 16.8 Å². The third kappa shape index (κ3) is 2.45. The summed E-state index contributed by atoms with van der Waals surface area (Å²) in [5, 5.41) is 1.17. The minimum atomic E-state index is 0. The first-order valence-corrected chi connectivity index (χ1v) is 5.26. The van der Waals surface area contributed by atoms with Crippen molar-refractivity contribution in [3.05, 3.63) is 66.7 Å². The van der Waals surface area contributed by atoms with Crippen molar-refractivity contribution in [2.45, 2.75) is 0 Å². The van der Waals surface area contributed by atoms with E-state index in [2.05, 4.69) is 23.2 Å². The predicted molar refractivity (Wildman–Crippen MR) is 66.0 cm³/mol. The maximum Gasteiger partial charge on any atom is 0.0595 e. The number of nitrogens with zero attached hydrogens (tertiary/aromatic N) is 1. The molecule has 3 rings (SSSR count). The van der Waals surface area contributed by atoms with Crippen LogP contribution in [0.25, 0.3) is 22.2 Å². The molecule has 0 aliphatic rings. The largest absolute Gasteiger partial charge is 0.296 e. The van der Waals surface area contributed by atoms with E-state index in [1.165, 1.54) is 5.39 Å². The van der Waals surface area contributed by atoms with Gasteiger partial charge in [0.2, 0.25) is 0 Å². The van der Waals surface area contributed by atoms with Crippen LogP contribution in [0, 0.1) is 6.07 Å². The molecule has 1 aromatic heterocycles. The van der Waals surface area contributed by atoms with Crippen molar-refractivity contribution >= 4 is 10.9 Å². The van der Waals surface area contributed by atoms with Gasteiger partial charge in [0.1, 0.15) is 0 Å². The molecule has 0 spiro atoms. The minimum absolute atomic E-state index is 0. The average molecular weight is 399 g/mol. The smallest absolute Gasteiger partial charge is 0.0595 e. The maximum atomic E-state index is 4.61. The summed E-state index contributed by atoms with van der Waals surface area (Å²) in [6.07, 6.45) is 0. The van der Waals surface area contributed by atoms with Crippen LogP contribution in [-0.4, -0.2) is 4.98 Å². The van der Waals surface area contributed by atoms with E-state index in [1.807, 2.05) is 48.5 Å². The Bertz CT molecular complexity index is 620. The fourth-order valence-electron chi connectivity index (χ4n) is 1.77. The van der Waals surface area contributed by atoms with Crippen molar-refractivity contribution < 1.29 is 21.1 Å². The maximum absolute atomic E-state index is 4.61. The Labute approximate surface area is 115 Å². The number of aromatic nitrogens is 1. The molecule has 2 heteroatoms. The van der Waals surface area contributed by atoms with Crippen molar-refractivity contribution in [3.63, 3.8) is 0 Å². The molecule has 0 atom stereocenters. The molecule has 0 unspecified atom stereocenters. The van der Waals surface area contributed by atoms with Gasteiger partial charge in [0, 0.05) is 21.1 Å². The zero-order valence-electron chi connectivity index (χ0n) is 9.04. The van der Waals surface area contributed by atoms with E-state index in [1.54, 1.807) is 0 Å². The summed E-state index contributed by atoms with van der Waals surface area (Å²) in [7, 11) is 0. The van der Waals surface area contributed by atoms with Crippen molar-refractivity contribution in [3.8, 4) is 11.3 Å². The molecule has 0 N–H and O–H groups in total. The van der Waals surface area contributed by atoms with Gasteiger partial charge in [-0.3, -0.25) is 4.98 Å². The molecule has 17 heavy (non-hydrogen) atoms. The first-order chi connectivity index (χ1) is 7.93. The standard InChI is InChI=1S/C15H10N.Pt/c1-2-6-12(7-3-1)15-11-10-13-8-4-5-9-14(13)16-15;/h1-6,8-11H;/q-1;. The van der Waals surface area contributed by atoms with Crippen molar-refractivity contribution in [2.75, 3.05) is 0 Å². The Balaban J connectivity index is 0.00000108. The third-order valence-corrected chi connectivity index (χ3v) is 2.58. The molecule has 3 aromatic rings. The molecule has 0 aliphatic heterocycles. The van der Waals surface area contributed by atoms with Crippen molar-refractivity contribution in [1.29, 1.82) is 0 Å². The van der Waals surface area contributed by atoms with Gasteiger partial charge in [-0.15, -0.1) is 35.9 Å². The summed E-state index contributed by atoms with van der Waals surface area (Å²) in [5.74, 6) is 0. The molecule has 0 saturated heterocycles. The number of para-hydroxylation sites is 1. The van der Waals surface area contributed by atoms with E-state index in [0.29, 0.717) is 0 Å². The first-order valence-electron chi connectivity index (χ1n) is 5.26. The summed E-state index contributed by atoms with van der Waals surface area (Å²) in [5.41, 5.74) is 3.03. The fourth-order valence-corrected chi connectivity index (χ4v) is 1.77. The van der Waals surface area contributed by atoms with E-state index in [4.69, 9.17) is 0 Å². The zero-order valence-corrected chi connectivity index (χ0v) is 11.3. The Morgan fingerprint density at radius 3 is 2.47 bits per heavy atom. The normalized spacial score (nSPS) is 9.88. The van der Waals surface area contributed by atoms with Crippen LogP contribution in [0.2, 0.25) is 0 Å². The van der Waals surface area contributed by atoms with Crippen LogP contribution in [0.15, 0.2) is 60.7 Å². The number of benzene rings is 2. The zero-order chi connectivity index (χ0) is 10.8. The van der Waals surface area contributed by atoms with Crippen LogP contribution in [0.3, 0.4) is 0 Å². The van der Waals surface area contributed by atoms with E-state index in [9.17, 15) is 0 Å². The molecular formula is C15H10NPt-.